The number of carbonyl (C=O) groups excluding carboxylic acids is 1. The summed E-state index contributed by atoms with van der Waals surface area (Å²) < 4.78 is 0. The highest BCUT2D eigenvalue weighted by atomic mass is 16.4. The van der Waals surface area contributed by atoms with Gasteiger partial charge in [-0.05, 0) is 33.3 Å². The molecule has 0 saturated heterocycles. The monoisotopic (exact) mass is 278 g/mol. The molecule has 0 aliphatic rings. The Labute approximate surface area is 119 Å². The Hall–Kier alpha value is -2.04. The molecule has 0 saturated carbocycles. The highest BCUT2D eigenvalue weighted by molar-refractivity contribution is 5.80. The molecule has 0 aliphatic heterocycles. The lowest BCUT2D eigenvalue weighted by Crippen LogP contribution is -2.52. The summed E-state index contributed by atoms with van der Waals surface area (Å²) in [4.78, 5) is 24.3. The van der Waals surface area contributed by atoms with Crippen molar-refractivity contribution in [1.82, 2.24) is 10.2 Å². The molecule has 110 valence electrons. The number of urea groups is 1. The number of nitrogens with zero attached hydrogens (tertiary/aromatic N) is 1. The van der Waals surface area contributed by atoms with E-state index in [9.17, 15) is 9.59 Å². The van der Waals surface area contributed by atoms with Crippen LogP contribution in [0.15, 0.2) is 24.3 Å². The van der Waals surface area contributed by atoms with Crippen LogP contribution in [0.2, 0.25) is 0 Å². The Balaban J connectivity index is 2.69. The van der Waals surface area contributed by atoms with Crippen LogP contribution in [0.25, 0.3) is 0 Å². The highest BCUT2D eigenvalue weighted by Crippen LogP contribution is 2.13. The van der Waals surface area contributed by atoms with Gasteiger partial charge in [0.15, 0.2) is 0 Å². The van der Waals surface area contributed by atoms with Crippen molar-refractivity contribution in [3.8, 4) is 0 Å². The third-order valence-electron chi connectivity index (χ3n) is 2.87. The molecule has 1 aromatic rings. The van der Waals surface area contributed by atoms with Gasteiger partial charge < -0.3 is 15.3 Å². The Kier molecular flexibility index (Phi) is 5.13. The largest absolute Gasteiger partial charge is 0.480 e. The number of aliphatic carboxylic acids is 1. The van der Waals surface area contributed by atoms with Gasteiger partial charge in [-0.3, -0.25) is 4.79 Å². The van der Waals surface area contributed by atoms with E-state index in [2.05, 4.69) is 5.32 Å². The van der Waals surface area contributed by atoms with Crippen LogP contribution in [0.1, 0.15) is 31.9 Å². The fourth-order valence-electron chi connectivity index (χ4n) is 1.84. The number of benzene rings is 1. The van der Waals surface area contributed by atoms with Crippen molar-refractivity contribution in [3.05, 3.63) is 35.4 Å². The first-order valence-corrected chi connectivity index (χ1v) is 6.53. The third kappa shape index (κ3) is 4.91. The summed E-state index contributed by atoms with van der Waals surface area (Å²) in [6.07, 6.45) is 0. The van der Waals surface area contributed by atoms with E-state index in [-0.39, 0.29) is 12.6 Å². The molecule has 1 aromatic carbocycles. The van der Waals surface area contributed by atoms with Crippen LogP contribution >= 0.6 is 0 Å². The molecule has 0 atom stereocenters. The lowest BCUT2D eigenvalue weighted by Gasteiger charge is -2.34. The molecular formula is C15H22N2O3. The van der Waals surface area contributed by atoms with Crippen molar-refractivity contribution in [2.24, 2.45) is 0 Å². The number of hydrogen-bond acceptors (Lipinski definition) is 2. The van der Waals surface area contributed by atoms with E-state index in [0.29, 0.717) is 6.54 Å². The van der Waals surface area contributed by atoms with Gasteiger partial charge in [-0.2, -0.15) is 0 Å². The molecule has 0 fully saturated rings. The Morgan fingerprint density at radius 2 is 1.95 bits per heavy atom. The van der Waals surface area contributed by atoms with Crippen LogP contribution in [0.5, 0.6) is 0 Å². The van der Waals surface area contributed by atoms with E-state index >= 15 is 0 Å². The third-order valence-corrected chi connectivity index (χ3v) is 2.87. The molecule has 0 aromatic heterocycles. The van der Waals surface area contributed by atoms with Gasteiger partial charge in [-0.25, -0.2) is 4.79 Å². The molecule has 0 aliphatic carbocycles. The summed E-state index contributed by atoms with van der Waals surface area (Å²) in [7, 11) is 0. The molecule has 5 heteroatoms. The van der Waals surface area contributed by atoms with Crippen LogP contribution in [-0.4, -0.2) is 34.1 Å². The topological polar surface area (TPSA) is 69.6 Å². The highest BCUT2D eigenvalue weighted by Gasteiger charge is 2.28. The van der Waals surface area contributed by atoms with Crippen molar-refractivity contribution >= 4 is 12.0 Å². The van der Waals surface area contributed by atoms with Crippen LogP contribution in [0.3, 0.4) is 0 Å². The number of carboxylic acid groups (broad SMARTS) is 1. The zero-order valence-electron chi connectivity index (χ0n) is 12.4. The molecule has 0 unspecified atom stereocenters. The fraction of sp³-hybridized carbons (Fsp3) is 0.467. The summed E-state index contributed by atoms with van der Waals surface area (Å²) in [5, 5.41) is 11.7. The first-order chi connectivity index (χ1) is 9.20. The van der Waals surface area contributed by atoms with Gasteiger partial charge >= 0.3 is 12.0 Å². The molecule has 0 bridgehead atoms. The average molecular weight is 278 g/mol. The molecule has 1 rings (SSSR count). The number of carbonyl (C=O) groups is 2. The molecule has 0 spiro atoms. The van der Waals surface area contributed by atoms with Crippen LogP contribution in [-0.2, 0) is 11.3 Å². The second-order valence-corrected chi connectivity index (χ2v) is 5.80. The summed E-state index contributed by atoms with van der Waals surface area (Å²) >= 11 is 0. The molecule has 0 heterocycles. The normalized spacial score (nSPS) is 11.0. The lowest BCUT2D eigenvalue weighted by molar-refractivity contribution is -0.138. The minimum atomic E-state index is -1.02. The zero-order valence-corrected chi connectivity index (χ0v) is 12.4. The Bertz CT molecular complexity index is 492. The van der Waals surface area contributed by atoms with E-state index < -0.39 is 11.5 Å². The van der Waals surface area contributed by atoms with Gasteiger partial charge in [0.2, 0.25) is 0 Å². The number of nitrogens with one attached hydrogen (secondary N) is 1. The maximum absolute atomic E-state index is 12.1. The molecule has 2 N–H and O–H groups in total. The first-order valence-electron chi connectivity index (χ1n) is 6.53. The van der Waals surface area contributed by atoms with Crippen molar-refractivity contribution in [2.75, 3.05) is 6.54 Å². The lowest BCUT2D eigenvalue weighted by atomic mass is 10.1. The zero-order chi connectivity index (χ0) is 15.3. The molecule has 2 amide bonds. The minimum Gasteiger partial charge on any atom is -0.480 e. The number of aryl methyl sites for hydroxylation is 1. The maximum Gasteiger partial charge on any atom is 0.323 e. The number of rotatable bonds is 4. The van der Waals surface area contributed by atoms with Crippen LogP contribution < -0.4 is 5.32 Å². The smallest absolute Gasteiger partial charge is 0.323 e. The van der Waals surface area contributed by atoms with Crippen LogP contribution in [0.4, 0.5) is 4.79 Å². The first kappa shape index (κ1) is 16.0. The summed E-state index contributed by atoms with van der Waals surface area (Å²) in [5.74, 6) is -1.02. The summed E-state index contributed by atoms with van der Waals surface area (Å²) in [6, 6.07) is 7.44. The summed E-state index contributed by atoms with van der Waals surface area (Å²) in [6.45, 7) is 7.47. The minimum absolute atomic E-state index is 0.316. The van der Waals surface area contributed by atoms with E-state index in [1.165, 1.54) is 4.90 Å². The van der Waals surface area contributed by atoms with Gasteiger partial charge in [0, 0.05) is 12.1 Å². The van der Waals surface area contributed by atoms with Crippen molar-refractivity contribution in [2.45, 2.75) is 39.8 Å². The number of amides is 2. The van der Waals surface area contributed by atoms with Gasteiger partial charge in [-0.1, -0.05) is 29.8 Å². The van der Waals surface area contributed by atoms with Crippen molar-refractivity contribution < 1.29 is 14.7 Å². The van der Waals surface area contributed by atoms with Crippen LogP contribution in [0, 0.1) is 6.92 Å². The van der Waals surface area contributed by atoms with Gasteiger partial charge in [0.1, 0.15) is 6.54 Å². The molecule has 20 heavy (non-hydrogen) atoms. The van der Waals surface area contributed by atoms with E-state index in [1.807, 2.05) is 52.0 Å². The second-order valence-electron chi connectivity index (χ2n) is 5.80. The van der Waals surface area contributed by atoms with Gasteiger partial charge in [0.25, 0.3) is 0 Å². The van der Waals surface area contributed by atoms with Gasteiger partial charge in [-0.15, -0.1) is 0 Å². The van der Waals surface area contributed by atoms with Crippen molar-refractivity contribution in [1.29, 1.82) is 0 Å². The predicted octanol–water partition coefficient (Wildman–Crippen LogP) is 2.39. The SMILES string of the molecule is Cc1cccc(CNC(=O)N(CC(=O)O)C(C)(C)C)c1. The maximum atomic E-state index is 12.1. The van der Waals surface area contributed by atoms with E-state index in [0.717, 1.165) is 11.1 Å². The molecular weight excluding hydrogens is 256 g/mol. The van der Waals surface area contributed by atoms with E-state index in [4.69, 9.17) is 5.11 Å². The average Bonchev–Trinajstić information content (AvgIpc) is 2.31. The molecule has 5 nitrogen and oxygen atoms in total. The van der Waals surface area contributed by atoms with Gasteiger partial charge in [0.05, 0.1) is 0 Å². The fourth-order valence-corrected chi connectivity index (χ4v) is 1.84. The number of hydrogen-bond donors (Lipinski definition) is 2. The standard InChI is InChI=1S/C15H22N2O3/c1-11-6-5-7-12(8-11)9-16-14(20)17(10-13(18)19)15(2,3)4/h5-8H,9-10H2,1-4H3,(H,16,20)(H,18,19). The van der Waals surface area contributed by atoms with Crippen molar-refractivity contribution in [3.63, 3.8) is 0 Å². The summed E-state index contributed by atoms with van der Waals surface area (Å²) in [5.41, 5.74) is 1.56. The Morgan fingerprint density at radius 1 is 1.30 bits per heavy atom. The number of carboxylic acids is 1. The predicted molar refractivity (Wildman–Crippen MR) is 77.5 cm³/mol. The quantitative estimate of drug-likeness (QED) is 0.888. The van der Waals surface area contributed by atoms with E-state index in [1.54, 1.807) is 0 Å². The second kappa shape index (κ2) is 6.41. The molecule has 0 radical (unpaired) electrons. The Morgan fingerprint density at radius 3 is 2.45 bits per heavy atom.